The Morgan fingerprint density at radius 2 is 2.17 bits per heavy atom. The van der Waals surface area contributed by atoms with Crippen LogP contribution in [0.2, 0.25) is 0 Å². The van der Waals surface area contributed by atoms with E-state index in [2.05, 4.69) is 32.0 Å². The van der Waals surface area contributed by atoms with Crippen molar-refractivity contribution in [3.05, 3.63) is 46.7 Å². The second kappa shape index (κ2) is 6.31. The van der Waals surface area contributed by atoms with Crippen LogP contribution in [0.3, 0.4) is 0 Å². The van der Waals surface area contributed by atoms with Crippen molar-refractivity contribution in [1.82, 2.24) is 15.2 Å². The fourth-order valence-electron chi connectivity index (χ4n) is 2.01. The number of aromatic nitrogens is 3. The summed E-state index contributed by atoms with van der Waals surface area (Å²) in [5.41, 5.74) is 1.85. The summed E-state index contributed by atoms with van der Waals surface area (Å²) in [7, 11) is 0. The second-order valence-electron chi connectivity index (χ2n) is 4.67. The Hall–Kier alpha value is -1.90. The molecule has 8 heteroatoms. The van der Waals surface area contributed by atoms with Crippen LogP contribution in [0, 0.1) is 6.92 Å². The van der Waals surface area contributed by atoms with Gasteiger partial charge in [0.25, 0.3) is 11.1 Å². The Balaban J connectivity index is 1.44. The van der Waals surface area contributed by atoms with Gasteiger partial charge in [-0.15, -0.1) is 32.9 Å². The van der Waals surface area contributed by atoms with Crippen LogP contribution in [0.15, 0.2) is 49.3 Å². The summed E-state index contributed by atoms with van der Waals surface area (Å²) in [4.78, 5) is 5.84. The van der Waals surface area contributed by atoms with E-state index in [0.29, 0.717) is 16.9 Å². The van der Waals surface area contributed by atoms with Gasteiger partial charge in [-0.3, -0.25) is 0 Å². The van der Waals surface area contributed by atoms with E-state index in [-0.39, 0.29) is 0 Å². The molecule has 4 aromatic heterocycles. The molecule has 0 atom stereocenters. The Bertz CT molecular complexity index is 908. The van der Waals surface area contributed by atoms with Crippen LogP contribution in [0.4, 0.5) is 0 Å². The zero-order valence-corrected chi connectivity index (χ0v) is 14.5. The maximum Gasteiger partial charge on any atom is 0.277 e. The van der Waals surface area contributed by atoms with Crippen molar-refractivity contribution in [2.24, 2.45) is 0 Å². The maximum atomic E-state index is 5.67. The summed E-state index contributed by atoms with van der Waals surface area (Å²) in [5, 5.41) is 13.8. The third-order valence-electron chi connectivity index (χ3n) is 3.12. The maximum absolute atomic E-state index is 5.67. The third kappa shape index (κ3) is 3.10. The van der Waals surface area contributed by atoms with Gasteiger partial charge in [-0.05, 0) is 24.4 Å². The quantitative estimate of drug-likeness (QED) is 0.460. The summed E-state index contributed by atoms with van der Waals surface area (Å²) in [6.45, 7) is 1.87. The van der Waals surface area contributed by atoms with E-state index >= 15 is 0 Å². The Morgan fingerprint density at radius 1 is 1.22 bits per heavy atom. The molecule has 0 saturated carbocycles. The van der Waals surface area contributed by atoms with Crippen LogP contribution in [-0.2, 0) is 5.75 Å². The number of aryl methyl sites for hydroxylation is 1. The highest BCUT2D eigenvalue weighted by Gasteiger charge is 2.14. The predicted molar refractivity (Wildman–Crippen MR) is 91.7 cm³/mol. The van der Waals surface area contributed by atoms with Gasteiger partial charge in [0.2, 0.25) is 0 Å². The normalized spacial score (nSPS) is 11.2. The predicted octanol–water partition coefficient (Wildman–Crippen LogP) is 5.12. The first-order valence-electron chi connectivity index (χ1n) is 6.78. The van der Waals surface area contributed by atoms with E-state index in [1.54, 1.807) is 28.9 Å². The fraction of sp³-hybridized carbons (Fsp3) is 0.133. The van der Waals surface area contributed by atoms with Crippen LogP contribution in [-0.4, -0.2) is 15.2 Å². The number of thioether (sulfide) groups is 1. The molecule has 0 spiro atoms. The summed E-state index contributed by atoms with van der Waals surface area (Å²) in [6.07, 6.45) is 1.61. The summed E-state index contributed by atoms with van der Waals surface area (Å²) in [6, 6.07) is 5.94. The molecule has 0 aliphatic carbocycles. The van der Waals surface area contributed by atoms with E-state index in [1.165, 1.54) is 16.6 Å². The third-order valence-corrected chi connectivity index (χ3v) is 5.91. The van der Waals surface area contributed by atoms with Crippen LogP contribution >= 0.6 is 34.4 Å². The van der Waals surface area contributed by atoms with Crippen LogP contribution in [0.25, 0.3) is 21.3 Å². The molecule has 0 aliphatic heterocycles. The molecule has 0 N–H and O–H groups in total. The molecular weight excluding hydrogens is 350 g/mol. The van der Waals surface area contributed by atoms with Gasteiger partial charge in [0.15, 0.2) is 0 Å². The molecule has 5 nitrogen and oxygen atoms in total. The molecule has 0 amide bonds. The first kappa shape index (κ1) is 14.7. The number of nitrogens with zero attached hydrogens (tertiary/aromatic N) is 3. The van der Waals surface area contributed by atoms with Gasteiger partial charge in [0, 0.05) is 11.1 Å². The van der Waals surface area contributed by atoms with Crippen molar-refractivity contribution in [2.75, 3.05) is 0 Å². The molecule has 4 rings (SSSR count). The number of rotatable bonds is 5. The molecule has 23 heavy (non-hydrogen) atoms. The Kier molecular flexibility index (Phi) is 4.02. The van der Waals surface area contributed by atoms with Crippen LogP contribution in [0.1, 0.15) is 11.5 Å². The molecule has 4 heterocycles. The van der Waals surface area contributed by atoms with E-state index in [4.69, 9.17) is 8.83 Å². The van der Waals surface area contributed by atoms with Gasteiger partial charge in [-0.1, -0.05) is 17.8 Å². The number of hydrogen-bond acceptors (Lipinski definition) is 8. The highest BCUT2D eigenvalue weighted by atomic mass is 32.2. The average Bonchev–Trinajstić information content (AvgIpc) is 3.32. The van der Waals surface area contributed by atoms with E-state index in [0.717, 1.165) is 22.0 Å². The SMILES string of the molecule is Cc1occc1-c1nnc(SCc2csc(-c3cccs3)n2)o1. The Labute approximate surface area is 144 Å². The van der Waals surface area contributed by atoms with Crippen molar-refractivity contribution in [2.45, 2.75) is 17.9 Å². The first-order valence-corrected chi connectivity index (χ1v) is 9.53. The number of furan rings is 1. The monoisotopic (exact) mass is 361 g/mol. The molecule has 116 valence electrons. The van der Waals surface area contributed by atoms with Crippen molar-refractivity contribution in [3.8, 4) is 21.3 Å². The lowest BCUT2D eigenvalue weighted by Gasteiger charge is -1.93. The lowest BCUT2D eigenvalue weighted by molar-refractivity contribution is 0.463. The number of hydrogen-bond donors (Lipinski definition) is 0. The zero-order chi connectivity index (χ0) is 15.6. The van der Waals surface area contributed by atoms with Gasteiger partial charge in [-0.2, -0.15) is 0 Å². The van der Waals surface area contributed by atoms with Gasteiger partial charge < -0.3 is 8.83 Å². The molecule has 4 aromatic rings. The smallest absolute Gasteiger partial charge is 0.277 e. The fourth-order valence-corrected chi connectivity index (χ4v) is 4.40. The highest BCUT2D eigenvalue weighted by molar-refractivity contribution is 7.98. The largest absolute Gasteiger partial charge is 0.469 e. The van der Waals surface area contributed by atoms with E-state index in [9.17, 15) is 0 Å². The van der Waals surface area contributed by atoms with Crippen molar-refractivity contribution >= 4 is 34.4 Å². The molecule has 0 unspecified atom stereocenters. The molecule has 0 saturated heterocycles. The van der Waals surface area contributed by atoms with Gasteiger partial charge in [0.1, 0.15) is 10.8 Å². The topological polar surface area (TPSA) is 65.0 Å². The Morgan fingerprint density at radius 3 is 2.96 bits per heavy atom. The van der Waals surface area contributed by atoms with Crippen molar-refractivity contribution in [3.63, 3.8) is 0 Å². The average molecular weight is 361 g/mol. The van der Waals surface area contributed by atoms with Gasteiger partial charge >= 0.3 is 0 Å². The molecule has 0 fully saturated rings. The molecular formula is C15H11N3O2S3. The van der Waals surface area contributed by atoms with Crippen LogP contribution in [0.5, 0.6) is 0 Å². The minimum atomic E-state index is 0.483. The molecule has 0 aromatic carbocycles. The van der Waals surface area contributed by atoms with E-state index < -0.39 is 0 Å². The standard InChI is InChI=1S/C15H11N3O2S3/c1-9-11(4-5-19-9)13-17-18-15(20-13)23-8-10-7-22-14(16-10)12-3-2-6-21-12/h2-7H,8H2,1H3. The summed E-state index contributed by atoms with van der Waals surface area (Å²) < 4.78 is 10.9. The lowest BCUT2D eigenvalue weighted by atomic mass is 10.3. The highest BCUT2D eigenvalue weighted by Crippen LogP contribution is 2.31. The molecule has 0 radical (unpaired) electrons. The zero-order valence-electron chi connectivity index (χ0n) is 12.1. The van der Waals surface area contributed by atoms with Gasteiger partial charge in [-0.25, -0.2) is 4.98 Å². The van der Waals surface area contributed by atoms with Crippen molar-refractivity contribution < 1.29 is 8.83 Å². The first-order chi connectivity index (χ1) is 11.3. The van der Waals surface area contributed by atoms with Crippen LogP contribution < -0.4 is 0 Å². The molecule has 0 aliphatic rings. The summed E-state index contributed by atoms with van der Waals surface area (Å²) in [5.74, 6) is 1.95. The minimum absolute atomic E-state index is 0.483. The van der Waals surface area contributed by atoms with Crippen molar-refractivity contribution in [1.29, 1.82) is 0 Å². The number of thiazole rings is 1. The second-order valence-corrected chi connectivity index (χ2v) is 7.41. The van der Waals surface area contributed by atoms with E-state index in [1.807, 2.05) is 19.1 Å². The summed E-state index contributed by atoms with van der Waals surface area (Å²) >= 11 is 4.84. The lowest BCUT2D eigenvalue weighted by Crippen LogP contribution is -1.81. The minimum Gasteiger partial charge on any atom is -0.469 e. The number of thiophene rings is 1. The van der Waals surface area contributed by atoms with Gasteiger partial charge in [0.05, 0.1) is 22.4 Å². The molecule has 0 bridgehead atoms.